The Hall–Kier alpha value is -3.97. The van der Waals surface area contributed by atoms with E-state index in [0.29, 0.717) is 11.1 Å². The molecule has 0 saturated heterocycles. The van der Waals surface area contributed by atoms with E-state index in [2.05, 4.69) is 5.32 Å². The molecule has 0 aliphatic heterocycles. The summed E-state index contributed by atoms with van der Waals surface area (Å²) in [6.45, 7) is 3.95. The van der Waals surface area contributed by atoms with Gasteiger partial charge in [0.2, 0.25) is 0 Å². The van der Waals surface area contributed by atoms with Crippen LogP contribution in [0.25, 0.3) is 11.1 Å². The van der Waals surface area contributed by atoms with Crippen LogP contribution in [0, 0.1) is 0 Å². The molecule has 0 unspecified atom stereocenters. The number of nitrogens with one attached hydrogen (secondary N) is 1. The van der Waals surface area contributed by atoms with Crippen molar-refractivity contribution in [3.8, 4) is 11.1 Å². The van der Waals surface area contributed by atoms with Crippen molar-refractivity contribution in [2.24, 2.45) is 0 Å². The second-order valence-corrected chi connectivity index (χ2v) is 8.36. The Morgan fingerprint density at radius 3 is 2.12 bits per heavy atom. The van der Waals surface area contributed by atoms with Crippen LogP contribution in [-0.2, 0) is 11.2 Å². The van der Waals surface area contributed by atoms with E-state index in [1.165, 1.54) is 6.07 Å². The predicted octanol–water partition coefficient (Wildman–Crippen LogP) is 3.96. The third-order valence-electron chi connectivity index (χ3n) is 5.63. The van der Waals surface area contributed by atoms with Crippen molar-refractivity contribution in [1.82, 2.24) is 5.32 Å². The number of aliphatic hydroxyl groups is 1. The van der Waals surface area contributed by atoms with Crippen LogP contribution in [0.5, 0.6) is 0 Å². The Kier molecular flexibility index (Phi) is 7.81. The van der Waals surface area contributed by atoms with Gasteiger partial charge in [0.15, 0.2) is 6.10 Å². The number of hydrogen-bond acceptors (Lipinski definition) is 4. The van der Waals surface area contributed by atoms with Gasteiger partial charge in [0.1, 0.15) is 0 Å². The van der Waals surface area contributed by atoms with Crippen molar-refractivity contribution in [3.63, 3.8) is 0 Å². The second kappa shape index (κ2) is 10.8. The SMILES string of the molecule is CC(C)c1ccc(C(=O)N[C@H](Cc2ccccc2)[C@@H](O)C(=O)O)cc1-c1ccccc1C(=O)O. The van der Waals surface area contributed by atoms with Crippen LogP contribution in [0.15, 0.2) is 72.8 Å². The smallest absolute Gasteiger partial charge is 0.336 e. The molecule has 0 aliphatic rings. The van der Waals surface area contributed by atoms with Crippen molar-refractivity contribution < 1.29 is 29.7 Å². The van der Waals surface area contributed by atoms with Crippen LogP contribution in [0.3, 0.4) is 0 Å². The fourth-order valence-corrected chi connectivity index (χ4v) is 3.87. The normalized spacial score (nSPS) is 12.7. The van der Waals surface area contributed by atoms with E-state index >= 15 is 0 Å². The molecule has 0 aromatic heterocycles. The first-order valence-electron chi connectivity index (χ1n) is 10.9. The fraction of sp³-hybridized carbons (Fsp3) is 0.222. The quantitative estimate of drug-likeness (QED) is 0.382. The summed E-state index contributed by atoms with van der Waals surface area (Å²) in [5, 5.41) is 31.8. The monoisotopic (exact) mass is 461 g/mol. The van der Waals surface area contributed by atoms with Crippen LogP contribution < -0.4 is 5.32 Å². The molecule has 0 radical (unpaired) electrons. The van der Waals surface area contributed by atoms with E-state index in [4.69, 9.17) is 0 Å². The van der Waals surface area contributed by atoms with E-state index in [9.17, 15) is 29.7 Å². The highest BCUT2D eigenvalue weighted by molar-refractivity contribution is 5.99. The summed E-state index contributed by atoms with van der Waals surface area (Å²) < 4.78 is 0. The van der Waals surface area contributed by atoms with Crippen LogP contribution in [-0.4, -0.2) is 45.3 Å². The molecule has 0 bridgehead atoms. The van der Waals surface area contributed by atoms with Crippen molar-refractivity contribution in [2.45, 2.75) is 38.3 Å². The van der Waals surface area contributed by atoms with E-state index < -0.39 is 30.0 Å². The molecule has 0 aliphatic carbocycles. The summed E-state index contributed by atoms with van der Waals surface area (Å²) in [6.07, 6.45) is -1.68. The highest BCUT2D eigenvalue weighted by atomic mass is 16.4. The average Bonchev–Trinajstić information content (AvgIpc) is 2.83. The third-order valence-corrected chi connectivity index (χ3v) is 5.63. The Balaban J connectivity index is 1.98. The minimum atomic E-state index is -1.80. The molecule has 1 amide bonds. The van der Waals surface area contributed by atoms with E-state index in [0.717, 1.165) is 11.1 Å². The molecule has 176 valence electrons. The molecule has 34 heavy (non-hydrogen) atoms. The lowest BCUT2D eigenvalue weighted by molar-refractivity contribution is -0.148. The first kappa shape index (κ1) is 24.7. The molecule has 0 spiro atoms. The van der Waals surface area contributed by atoms with Crippen LogP contribution >= 0.6 is 0 Å². The molecule has 0 saturated carbocycles. The van der Waals surface area contributed by atoms with Gasteiger partial charge in [0, 0.05) is 5.56 Å². The summed E-state index contributed by atoms with van der Waals surface area (Å²) in [5.41, 5.74) is 3.08. The predicted molar refractivity (Wildman–Crippen MR) is 128 cm³/mol. The molecule has 3 rings (SSSR count). The van der Waals surface area contributed by atoms with Gasteiger partial charge in [-0.3, -0.25) is 4.79 Å². The summed E-state index contributed by atoms with van der Waals surface area (Å²) in [6, 6.07) is 19.5. The molecule has 3 aromatic carbocycles. The maximum atomic E-state index is 13.1. The zero-order valence-corrected chi connectivity index (χ0v) is 18.9. The largest absolute Gasteiger partial charge is 0.479 e. The lowest BCUT2D eigenvalue weighted by atomic mass is 9.88. The highest BCUT2D eigenvalue weighted by Gasteiger charge is 2.28. The van der Waals surface area contributed by atoms with Gasteiger partial charge in [-0.05, 0) is 52.8 Å². The summed E-state index contributed by atoms with van der Waals surface area (Å²) in [5.74, 6) is -3.01. The number of rotatable bonds is 9. The average molecular weight is 462 g/mol. The summed E-state index contributed by atoms with van der Waals surface area (Å²) >= 11 is 0. The molecular weight excluding hydrogens is 434 g/mol. The Morgan fingerprint density at radius 2 is 1.50 bits per heavy atom. The van der Waals surface area contributed by atoms with Crippen molar-refractivity contribution >= 4 is 17.8 Å². The van der Waals surface area contributed by atoms with Gasteiger partial charge in [0.25, 0.3) is 5.91 Å². The number of carboxylic acids is 2. The molecule has 0 fully saturated rings. The number of benzene rings is 3. The number of carbonyl (C=O) groups excluding carboxylic acids is 1. The van der Waals surface area contributed by atoms with E-state index in [1.807, 2.05) is 19.9 Å². The molecular formula is C27H27NO6. The van der Waals surface area contributed by atoms with Crippen LogP contribution in [0.2, 0.25) is 0 Å². The number of aromatic carboxylic acids is 1. The first-order chi connectivity index (χ1) is 16.2. The summed E-state index contributed by atoms with van der Waals surface area (Å²) in [4.78, 5) is 36.4. The highest BCUT2D eigenvalue weighted by Crippen LogP contribution is 2.32. The van der Waals surface area contributed by atoms with Crippen molar-refractivity contribution in [1.29, 1.82) is 0 Å². The Labute approximate surface area is 197 Å². The minimum absolute atomic E-state index is 0.0635. The van der Waals surface area contributed by atoms with Gasteiger partial charge < -0.3 is 20.6 Å². The standard InChI is InChI=1S/C27H27NO6/c1-16(2)19-13-12-18(15-22(19)20-10-6-7-11-21(20)26(31)32)25(30)28-23(24(29)27(33)34)14-17-8-4-3-5-9-17/h3-13,15-16,23-24,29H,14H2,1-2H3,(H,28,30)(H,31,32)(H,33,34)/t23-,24-/m1/s1. The van der Waals surface area contributed by atoms with Gasteiger partial charge in [-0.1, -0.05) is 68.4 Å². The minimum Gasteiger partial charge on any atom is -0.479 e. The first-order valence-corrected chi connectivity index (χ1v) is 10.9. The maximum Gasteiger partial charge on any atom is 0.336 e. The molecule has 3 aromatic rings. The zero-order valence-electron chi connectivity index (χ0n) is 18.9. The number of hydrogen-bond donors (Lipinski definition) is 4. The zero-order chi connectivity index (χ0) is 24.8. The summed E-state index contributed by atoms with van der Waals surface area (Å²) in [7, 11) is 0. The molecule has 7 heteroatoms. The number of aliphatic hydroxyl groups excluding tert-OH is 1. The Bertz CT molecular complexity index is 1190. The van der Waals surface area contributed by atoms with E-state index in [1.54, 1.807) is 60.7 Å². The third kappa shape index (κ3) is 5.68. The van der Waals surface area contributed by atoms with Gasteiger partial charge >= 0.3 is 11.9 Å². The van der Waals surface area contributed by atoms with Crippen molar-refractivity contribution in [3.05, 3.63) is 95.1 Å². The lowest BCUT2D eigenvalue weighted by Gasteiger charge is -2.22. The number of amides is 1. The Morgan fingerprint density at radius 1 is 0.853 bits per heavy atom. The van der Waals surface area contributed by atoms with Crippen LogP contribution in [0.1, 0.15) is 51.6 Å². The van der Waals surface area contributed by atoms with Gasteiger partial charge in [0.05, 0.1) is 11.6 Å². The van der Waals surface area contributed by atoms with E-state index in [-0.39, 0.29) is 23.5 Å². The van der Waals surface area contributed by atoms with Gasteiger partial charge in [-0.25, -0.2) is 9.59 Å². The molecule has 2 atom stereocenters. The van der Waals surface area contributed by atoms with Gasteiger partial charge in [-0.15, -0.1) is 0 Å². The number of carboxylic acid groups (broad SMARTS) is 2. The molecule has 7 nitrogen and oxygen atoms in total. The van der Waals surface area contributed by atoms with Crippen LogP contribution in [0.4, 0.5) is 0 Å². The number of carbonyl (C=O) groups is 3. The number of aliphatic carboxylic acids is 1. The lowest BCUT2D eigenvalue weighted by Crippen LogP contribution is -2.48. The van der Waals surface area contributed by atoms with Gasteiger partial charge in [-0.2, -0.15) is 0 Å². The molecule has 0 heterocycles. The molecule has 4 N–H and O–H groups in total. The topological polar surface area (TPSA) is 124 Å². The second-order valence-electron chi connectivity index (χ2n) is 8.36. The fourth-order valence-electron chi connectivity index (χ4n) is 3.87. The van der Waals surface area contributed by atoms with Crippen molar-refractivity contribution in [2.75, 3.05) is 0 Å². The maximum absolute atomic E-state index is 13.1.